The van der Waals surface area contributed by atoms with Crippen molar-refractivity contribution in [2.45, 2.75) is 0 Å². The molecule has 0 aliphatic rings. The van der Waals surface area contributed by atoms with Crippen LogP contribution in [-0.2, 0) is 0 Å². The first-order valence-corrected chi connectivity index (χ1v) is 21.0. The molecule has 7 nitrogen and oxygen atoms in total. The number of hydrogen-bond acceptors (Lipinski definition) is 5. The first kappa shape index (κ1) is 35.1. The van der Waals surface area contributed by atoms with Crippen LogP contribution in [0.3, 0.4) is 0 Å². The predicted octanol–water partition coefficient (Wildman–Crippen LogP) is 14.0. The second-order valence-electron chi connectivity index (χ2n) is 15.9. The largest absolute Gasteiger partial charge is 0.453 e. The van der Waals surface area contributed by atoms with Crippen LogP contribution in [0.4, 0.5) is 0 Å². The molecule has 13 aromatic rings. The lowest BCUT2D eigenvalue weighted by Gasteiger charge is -2.12. The van der Waals surface area contributed by atoms with E-state index in [0.29, 0.717) is 5.95 Å². The van der Waals surface area contributed by atoms with Crippen LogP contribution in [0.2, 0.25) is 0 Å². The average molecular weight is 807 g/mol. The summed E-state index contributed by atoms with van der Waals surface area (Å²) in [7, 11) is 0. The van der Waals surface area contributed by atoms with E-state index in [1.165, 1.54) is 0 Å². The van der Waals surface area contributed by atoms with Crippen molar-refractivity contribution in [3.63, 3.8) is 0 Å². The van der Waals surface area contributed by atoms with Gasteiger partial charge in [-0.1, -0.05) is 133 Å². The highest BCUT2D eigenvalue weighted by molar-refractivity contribution is 6.12. The third kappa shape index (κ3) is 5.67. The zero-order valence-electron chi connectivity index (χ0n) is 33.7. The van der Waals surface area contributed by atoms with Crippen molar-refractivity contribution in [2.24, 2.45) is 0 Å². The summed E-state index contributed by atoms with van der Waals surface area (Å²) >= 11 is 0. The van der Waals surface area contributed by atoms with Gasteiger partial charge in [0.15, 0.2) is 11.2 Å². The number of rotatable bonds is 6. The fourth-order valence-corrected chi connectivity index (χ4v) is 9.27. The van der Waals surface area contributed by atoms with E-state index in [1.54, 1.807) is 6.20 Å². The minimum atomic E-state index is 0.629. The highest BCUT2D eigenvalue weighted by Crippen LogP contribution is 2.39. The number of benzene rings is 7. The molecule has 0 saturated heterocycles. The second-order valence-corrected chi connectivity index (χ2v) is 15.9. The van der Waals surface area contributed by atoms with Crippen molar-refractivity contribution in [2.75, 3.05) is 0 Å². The topological polar surface area (TPSA) is 74.6 Å². The Morgan fingerprint density at radius 2 is 0.905 bits per heavy atom. The van der Waals surface area contributed by atoms with Crippen LogP contribution < -0.4 is 0 Å². The first-order valence-electron chi connectivity index (χ1n) is 21.0. The molecule has 0 amide bonds. The minimum absolute atomic E-state index is 0.629. The molecule has 0 N–H and O–H groups in total. The van der Waals surface area contributed by atoms with E-state index in [-0.39, 0.29) is 0 Å². The molecule has 0 atom stereocenters. The number of para-hydroxylation sites is 2. The highest BCUT2D eigenvalue weighted by Gasteiger charge is 2.20. The molecule has 7 heteroatoms. The van der Waals surface area contributed by atoms with Crippen LogP contribution in [0.1, 0.15) is 0 Å². The maximum absolute atomic E-state index is 6.06. The first-order chi connectivity index (χ1) is 31.2. The molecule has 0 fully saturated rings. The van der Waals surface area contributed by atoms with Gasteiger partial charge in [0, 0.05) is 38.9 Å². The fraction of sp³-hybridized carbons (Fsp3) is 0. The lowest BCUT2D eigenvalue weighted by Crippen LogP contribution is -2.04. The van der Waals surface area contributed by atoms with Crippen LogP contribution in [0, 0.1) is 0 Å². The quantitative estimate of drug-likeness (QED) is 0.167. The average Bonchev–Trinajstić information content (AvgIpc) is 4.01. The zero-order valence-corrected chi connectivity index (χ0v) is 33.7. The molecule has 294 valence electrons. The maximum Gasteiger partial charge on any atom is 0.235 e. The number of aromatic nitrogens is 6. The summed E-state index contributed by atoms with van der Waals surface area (Å²) in [5, 5.41) is 4.62. The summed E-state index contributed by atoms with van der Waals surface area (Å²) in [4.78, 5) is 20.2. The third-order valence-electron chi connectivity index (χ3n) is 12.2. The summed E-state index contributed by atoms with van der Waals surface area (Å²) < 4.78 is 10.5. The van der Waals surface area contributed by atoms with E-state index in [0.717, 1.165) is 116 Å². The Hall–Kier alpha value is -8.68. The number of pyridine rings is 2. The van der Waals surface area contributed by atoms with Crippen LogP contribution in [0.25, 0.3) is 122 Å². The number of fused-ring (bicyclic) bond motifs is 9. The minimum Gasteiger partial charge on any atom is -0.453 e. The van der Waals surface area contributed by atoms with Gasteiger partial charge in [-0.3, -0.25) is 14.1 Å². The van der Waals surface area contributed by atoms with Gasteiger partial charge in [-0.25, -0.2) is 15.0 Å². The number of furan rings is 1. The van der Waals surface area contributed by atoms with Crippen LogP contribution in [-0.4, -0.2) is 29.1 Å². The van der Waals surface area contributed by atoms with Crippen LogP contribution >= 0.6 is 0 Å². The van der Waals surface area contributed by atoms with Gasteiger partial charge >= 0.3 is 0 Å². The van der Waals surface area contributed by atoms with Crippen molar-refractivity contribution in [1.82, 2.24) is 29.1 Å². The summed E-state index contributed by atoms with van der Waals surface area (Å²) in [6, 6.07) is 70.0. The third-order valence-corrected chi connectivity index (χ3v) is 12.2. The molecule has 13 rings (SSSR count). The molecule has 6 aromatic heterocycles. The number of nitrogens with zero attached hydrogens (tertiary/aromatic N) is 6. The van der Waals surface area contributed by atoms with Gasteiger partial charge in [0.05, 0.1) is 33.5 Å². The highest BCUT2D eigenvalue weighted by atomic mass is 16.3. The van der Waals surface area contributed by atoms with E-state index in [4.69, 9.17) is 19.4 Å². The summed E-state index contributed by atoms with van der Waals surface area (Å²) in [5.74, 6) is 1.45. The predicted molar refractivity (Wildman–Crippen MR) is 255 cm³/mol. The Balaban J connectivity index is 0.942. The molecule has 0 aliphatic carbocycles. The van der Waals surface area contributed by atoms with Gasteiger partial charge in [-0.15, -0.1) is 0 Å². The Morgan fingerprint density at radius 1 is 0.333 bits per heavy atom. The van der Waals surface area contributed by atoms with Gasteiger partial charge in [-0.2, -0.15) is 0 Å². The SMILES string of the molecule is c1ccc(-c2cc(-c3ccccc3)nc(-n3c4ccccc4c4ccc(-c5cccc(-c6ccc7c(c6)c6ccccc6n7-c6ccc7oc8cccnc8c7n6)c5)cc43)n2)cc1. The summed E-state index contributed by atoms with van der Waals surface area (Å²) in [6.45, 7) is 0. The van der Waals surface area contributed by atoms with E-state index in [9.17, 15) is 0 Å². The lowest BCUT2D eigenvalue weighted by atomic mass is 9.97. The van der Waals surface area contributed by atoms with E-state index in [1.807, 2.05) is 36.4 Å². The van der Waals surface area contributed by atoms with Crippen LogP contribution in [0.15, 0.2) is 211 Å². The van der Waals surface area contributed by atoms with E-state index in [2.05, 4.69) is 178 Å². The Kier molecular flexibility index (Phi) is 7.77. The van der Waals surface area contributed by atoms with Crippen molar-refractivity contribution < 1.29 is 4.42 Å². The van der Waals surface area contributed by atoms with Crippen molar-refractivity contribution in [3.05, 3.63) is 206 Å². The Bertz CT molecular complexity index is 3860. The number of hydrogen-bond donors (Lipinski definition) is 0. The molecule has 0 spiro atoms. The molecule has 0 saturated carbocycles. The molecule has 0 unspecified atom stereocenters. The summed E-state index contributed by atoms with van der Waals surface area (Å²) in [6.07, 6.45) is 1.78. The van der Waals surface area contributed by atoms with E-state index < -0.39 is 0 Å². The molecule has 6 heterocycles. The fourth-order valence-electron chi connectivity index (χ4n) is 9.27. The lowest BCUT2D eigenvalue weighted by molar-refractivity contribution is 0.667. The van der Waals surface area contributed by atoms with Gasteiger partial charge in [0.1, 0.15) is 16.9 Å². The zero-order chi connectivity index (χ0) is 41.4. The normalized spacial score (nSPS) is 11.8. The maximum atomic E-state index is 6.06. The van der Waals surface area contributed by atoms with E-state index >= 15 is 0 Å². The Morgan fingerprint density at radius 3 is 1.65 bits per heavy atom. The monoisotopic (exact) mass is 806 g/mol. The van der Waals surface area contributed by atoms with Crippen molar-refractivity contribution >= 4 is 65.8 Å². The van der Waals surface area contributed by atoms with Gasteiger partial charge in [-0.05, 0) is 89.0 Å². The van der Waals surface area contributed by atoms with Gasteiger partial charge in [0.25, 0.3) is 0 Å². The van der Waals surface area contributed by atoms with Crippen molar-refractivity contribution in [1.29, 1.82) is 0 Å². The Labute approximate surface area is 360 Å². The molecule has 63 heavy (non-hydrogen) atoms. The molecule has 7 aromatic carbocycles. The van der Waals surface area contributed by atoms with Gasteiger partial charge in [0.2, 0.25) is 5.95 Å². The van der Waals surface area contributed by atoms with Crippen molar-refractivity contribution in [3.8, 4) is 56.5 Å². The molecular formula is C56H34N6O. The smallest absolute Gasteiger partial charge is 0.235 e. The molecule has 0 bridgehead atoms. The molecule has 0 aliphatic heterocycles. The molecule has 0 radical (unpaired) electrons. The summed E-state index contributed by atoms with van der Waals surface area (Å²) in [5.41, 5.74) is 15.6. The standard InChI is InChI=1S/C56H34N6O/c1-3-13-35(14-4-1)45-34-46(36-15-5-2-6-16-36)59-56(58-45)62-48-22-10-7-19-41(48)43-26-24-40(33-50(43)62)38-18-11-17-37(31-38)39-25-27-49-44(32-39)42-20-8-9-21-47(42)61(49)53-29-28-52-55(60-53)54-51(63-52)23-12-30-57-54/h1-34H. The molecular weight excluding hydrogens is 773 g/mol. The van der Waals surface area contributed by atoms with Crippen LogP contribution in [0.5, 0.6) is 0 Å². The second kappa shape index (κ2) is 13.9. The van der Waals surface area contributed by atoms with Gasteiger partial charge < -0.3 is 4.42 Å².